The molecule has 0 saturated heterocycles. The summed E-state index contributed by atoms with van der Waals surface area (Å²) in [6.07, 6.45) is 4.83. The van der Waals surface area contributed by atoms with Crippen LogP contribution < -0.4 is 20.1 Å². The number of hydrogen-bond donors (Lipinski definition) is 2. The molecule has 2 aromatic rings. The summed E-state index contributed by atoms with van der Waals surface area (Å²) >= 11 is 0. The lowest BCUT2D eigenvalue weighted by Crippen LogP contribution is -2.37. The van der Waals surface area contributed by atoms with Gasteiger partial charge in [0.05, 0.1) is 13.7 Å². The third kappa shape index (κ3) is 6.22. The smallest absolute Gasteiger partial charge is 0.196 e. The molecule has 29 heavy (non-hydrogen) atoms. The summed E-state index contributed by atoms with van der Waals surface area (Å²) in [4.78, 5) is 4.74. The van der Waals surface area contributed by atoms with Gasteiger partial charge in [0.1, 0.15) is 12.4 Å². The summed E-state index contributed by atoms with van der Waals surface area (Å²) in [5.74, 6) is 3.86. The van der Waals surface area contributed by atoms with Crippen molar-refractivity contribution in [2.75, 3.05) is 19.0 Å². The Morgan fingerprint density at radius 1 is 1.24 bits per heavy atom. The van der Waals surface area contributed by atoms with Crippen LogP contribution in [0.3, 0.4) is 0 Å². The van der Waals surface area contributed by atoms with Gasteiger partial charge in [0.15, 0.2) is 23.3 Å². The Morgan fingerprint density at radius 2 is 2.00 bits per heavy atom. The second-order valence-electron chi connectivity index (χ2n) is 6.94. The van der Waals surface area contributed by atoms with Crippen molar-refractivity contribution in [3.63, 3.8) is 0 Å². The lowest BCUT2D eigenvalue weighted by molar-refractivity contribution is 0.311. The Morgan fingerprint density at radius 3 is 2.62 bits per heavy atom. The van der Waals surface area contributed by atoms with Gasteiger partial charge in [0.2, 0.25) is 0 Å². The van der Waals surface area contributed by atoms with E-state index in [0.29, 0.717) is 24.9 Å². The highest BCUT2D eigenvalue weighted by Gasteiger charge is 2.17. The maximum Gasteiger partial charge on any atom is 0.196 e. The van der Waals surface area contributed by atoms with Crippen molar-refractivity contribution in [1.29, 1.82) is 0 Å². The zero-order chi connectivity index (χ0) is 19.9. The van der Waals surface area contributed by atoms with Crippen LogP contribution in [0.4, 0.5) is 5.69 Å². The van der Waals surface area contributed by atoms with Crippen molar-refractivity contribution in [3.8, 4) is 11.5 Å². The standard InChI is InChI=1S/C20H30N6O2.HI/c1-5-28-17-11-10-16(12-18(17)27-4)23-20(22-15-8-6-7-9-15)21-13-19-25-24-14(2)26(19)3;/h10-12,15H,5-9,13H2,1-4H3,(H2,21,22,23);1H. The fourth-order valence-corrected chi connectivity index (χ4v) is 3.28. The highest BCUT2D eigenvalue weighted by molar-refractivity contribution is 14.0. The molecule has 1 saturated carbocycles. The fraction of sp³-hybridized carbons (Fsp3) is 0.550. The Labute approximate surface area is 189 Å². The van der Waals surface area contributed by atoms with Crippen LogP contribution in [0.2, 0.25) is 0 Å². The second-order valence-corrected chi connectivity index (χ2v) is 6.94. The molecule has 1 aromatic heterocycles. The summed E-state index contributed by atoms with van der Waals surface area (Å²) in [7, 11) is 3.60. The number of nitrogens with zero attached hydrogens (tertiary/aromatic N) is 4. The van der Waals surface area contributed by atoms with Crippen molar-refractivity contribution in [2.24, 2.45) is 12.0 Å². The minimum Gasteiger partial charge on any atom is -0.493 e. The summed E-state index contributed by atoms with van der Waals surface area (Å²) < 4.78 is 13.0. The Balaban J connectivity index is 0.00000300. The van der Waals surface area contributed by atoms with Gasteiger partial charge in [-0.1, -0.05) is 12.8 Å². The van der Waals surface area contributed by atoms with Crippen molar-refractivity contribution in [1.82, 2.24) is 20.1 Å². The van der Waals surface area contributed by atoms with E-state index in [-0.39, 0.29) is 24.0 Å². The Bertz CT molecular complexity index is 817. The SMILES string of the molecule is CCOc1ccc(NC(=NCc2nnc(C)n2C)NC2CCCC2)cc1OC.I. The third-order valence-electron chi connectivity index (χ3n) is 4.98. The van der Waals surface area contributed by atoms with E-state index in [0.717, 1.165) is 41.9 Å². The van der Waals surface area contributed by atoms with Crippen molar-refractivity contribution in [3.05, 3.63) is 29.8 Å². The zero-order valence-corrected chi connectivity index (χ0v) is 19.9. The third-order valence-corrected chi connectivity index (χ3v) is 4.98. The Hall–Kier alpha value is -2.04. The molecule has 0 amide bonds. The van der Waals surface area contributed by atoms with Crippen LogP contribution in [0.1, 0.15) is 44.3 Å². The molecule has 1 fully saturated rings. The molecule has 0 bridgehead atoms. The molecule has 8 nitrogen and oxygen atoms in total. The molecule has 3 rings (SSSR count). The number of halogens is 1. The highest BCUT2D eigenvalue weighted by Crippen LogP contribution is 2.30. The number of anilines is 1. The maximum atomic E-state index is 5.60. The van der Waals surface area contributed by atoms with Crippen LogP contribution in [0.5, 0.6) is 11.5 Å². The molecular formula is C20H31IN6O2. The largest absolute Gasteiger partial charge is 0.493 e. The normalized spacial score (nSPS) is 14.4. The molecule has 1 aliphatic rings. The number of rotatable bonds is 7. The lowest BCUT2D eigenvalue weighted by Gasteiger charge is -2.18. The number of guanidine groups is 1. The van der Waals surface area contributed by atoms with E-state index in [1.165, 1.54) is 12.8 Å². The van der Waals surface area contributed by atoms with Crippen LogP contribution in [-0.2, 0) is 13.6 Å². The maximum absolute atomic E-state index is 5.60. The van der Waals surface area contributed by atoms with Gasteiger partial charge < -0.3 is 24.7 Å². The molecule has 1 aliphatic carbocycles. The lowest BCUT2D eigenvalue weighted by atomic mass is 10.2. The van der Waals surface area contributed by atoms with Crippen LogP contribution in [0.25, 0.3) is 0 Å². The van der Waals surface area contributed by atoms with Crippen LogP contribution in [0.15, 0.2) is 23.2 Å². The molecule has 160 valence electrons. The number of aryl methyl sites for hydroxylation is 1. The van der Waals surface area contributed by atoms with Gasteiger partial charge in [-0.15, -0.1) is 34.2 Å². The van der Waals surface area contributed by atoms with Gasteiger partial charge in [0.25, 0.3) is 0 Å². The predicted octanol–water partition coefficient (Wildman–Crippen LogP) is 3.65. The highest BCUT2D eigenvalue weighted by atomic mass is 127. The van der Waals surface area contributed by atoms with Gasteiger partial charge in [-0.05, 0) is 38.8 Å². The van der Waals surface area contributed by atoms with Gasteiger partial charge in [-0.3, -0.25) is 0 Å². The fourth-order valence-electron chi connectivity index (χ4n) is 3.28. The molecule has 0 spiro atoms. The van der Waals surface area contributed by atoms with E-state index in [1.54, 1.807) is 7.11 Å². The number of benzene rings is 1. The first-order valence-electron chi connectivity index (χ1n) is 9.84. The van der Waals surface area contributed by atoms with Gasteiger partial charge in [0, 0.05) is 24.8 Å². The van der Waals surface area contributed by atoms with Crippen molar-refractivity contribution >= 4 is 35.6 Å². The van der Waals surface area contributed by atoms with Gasteiger partial charge >= 0.3 is 0 Å². The zero-order valence-electron chi connectivity index (χ0n) is 17.6. The first kappa shape index (κ1) is 23.2. The molecule has 0 atom stereocenters. The van der Waals surface area contributed by atoms with Crippen LogP contribution in [-0.4, -0.2) is 40.5 Å². The number of methoxy groups -OCH3 is 1. The number of aromatic nitrogens is 3. The Kier molecular flexibility index (Phi) is 8.99. The van der Waals surface area contributed by atoms with E-state index in [1.807, 2.05) is 43.7 Å². The first-order valence-corrected chi connectivity index (χ1v) is 9.84. The second kappa shape index (κ2) is 11.2. The van der Waals surface area contributed by atoms with Crippen LogP contribution in [0, 0.1) is 6.92 Å². The molecule has 1 aromatic carbocycles. The van der Waals surface area contributed by atoms with Gasteiger partial charge in [-0.25, -0.2) is 4.99 Å². The number of ether oxygens (including phenoxy) is 2. The molecule has 0 unspecified atom stereocenters. The summed E-state index contributed by atoms with van der Waals surface area (Å²) in [6.45, 7) is 4.93. The number of nitrogens with one attached hydrogen (secondary N) is 2. The molecule has 0 radical (unpaired) electrons. The average molecular weight is 514 g/mol. The topological polar surface area (TPSA) is 85.6 Å². The van der Waals surface area contributed by atoms with E-state index < -0.39 is 0 Å². The summed E-state index contributed by atoms with van der Waals surface area (Å²) in [5, 5.41) is 15.2. The molecule has 9 heteroatoms. The number of hydrogen-bond acceptors (Lipinski definition) is 5. The molecule has 0 aliphatic heterocycles. The number of aliphatic imine (C=N–C) groups is 1. The monoisotopic (exact) mass is 514 g/mol. The molecule has 1 heterocycles. The van der Waals surface area contributed by atoms with E-state index >= 15 is 0 Å². The first-order chi connectivity index (χ1) is 13.6. The summed E-state index contributed by atoms with van der Waals surface area (Å²) in [5.41, 5.74) is 0.888. The molecule has 2 N–H and O–H groups in total. The van der Waals surface area contributed by atoms with Gasteiger partial charge in [-0.2, -0.15) is 0 Å². The van der Waals surface area contributed by atoms with E-state index in [9.17, 15) is 0 Å². The van der Waals surface area contributed by atoms with E-state index in [4.69, 9.17) is 14.5 Å². The van der Waals surface area contributed by atoms with E-state index in [2.05, 4.69) is 20.8 Å². The quantitative estimate of drug-likeness (QED) is 0.334. The van der Waals surface area contributed by atoms with Crippen molar-refractivity contribution < 1.29 is 9.47 Å². The van der Waals surface area contributed by atoms with Crippen molar-refractivity contribution in [2.45, 2.75) is 52.1 Å². The average Bonchev–Trinajstić information content (AvgIpc) is 3.32. The predicted molar refractivity (Wildman–Crippen MR) is 125 cm³/mol. The molecular weight excluding hydrogens is 483 g/mol. The minimum atomic E-state index is 0. The summed E-state index contributed by atoms with van der Waals surface area (Å²) in [6, 6.07) is 6.23. The van der Waals surface area contributed by atoms with Crippen LogP contribution >= 0.6 is 24.0 Å². The minimum absolute atomic E-state index is 0.